The molecule has 0 aliphatic heterocycles. The second-order valence-electron chi connectivity index (χ2n) is 5.12. The van der Waals surface area contributed by atoms with E-state index in [0.717, 1.165) is 0 Å². The standard InChI is InChI=1S/C16H10ClF3N4O2/c17-12-4-2-1-3-11(12)14(25)22-8-10-6-5-9(7-21-10)13-23-15(26-24-13)16(18,19)20/h1-7H,8H2,(H,22,25). The highest BCUT2D eigenvalue weighted by molar-refractivity contribution is 6.33. The number of benzene rings is 1. The van der Waals surface area contributed by atoms with Crippen LogP contribution < -0.4 is 5.32 Å². The molecular formula is C16H10ClF3N4O2. The first kappa shape index (κ1) is 17.9. The summed E-state index contributed by atoms with van der Waals surface area (Å²) < 4.78 is 41.6. The monoisotopic (exact) mass is 382 g/mol. The SMILES string of the molecule is O=C(NCc1ccc(-c2noc(C(F)(F)F)n2)cn1)c1ccccc1Cl. The Hall–Kier alpha value is -2.94. The fourth-order valence-corrected chi connectivity index (χ4v) is 2.25. The Morgan fingerprint density at radius 2 is 1.96 bits per heavy atom. The Labute approximate surface area is 150 Å². The largest absolute Gasteiger partial charge is 0.471 e. The number of amides is 1. The number of halogens is 4. The van der Waals surface area contributed by atoms with E-state index in [9.17, 15) is 18.0 Å². The maximum Gasteiger partial charge on any atom is 0.471 e. The van der Waals surface area contributed by atoms with Gasteiger partial charge in [-0.3, -0.25) is 9.78 Å². The molecule has 0 atom stereocenters. The highest BCUT2D eigenvalue weighted by atomic mass is 35.5. The molecule has 10 heteroatoms. The smallest absolute Gasteiger partial charge is 0.346 e. The molecule has 2 heterocycles. The molecule has 2 aromatic heterocycles. The zero-order valence-electron chi connectivity index (χ0n) is 12.9. The predicted octanol–water partition coefficient (Wildman–Crippen LogP) is 3.73. The van der Waals surface area contributed by atoms with Crippen LogP contribution in [-0.4, -0.2) is 21.0 Å². The fraction of sp³-hybridized carbons (Fsp3) is 0.125. The molecular weight excluding hydrogens is 373 g/mol. The Kier molecular flexibility index (Phi) is 4.90. The highest BCUT2D eigenvalue weighted by Crippen LogP contribution is 2.29. The van der Waals surface area contributed by atoms with Crippen LogP contribution in [0.25, 0.3) is 11.4 Å². The van der Waals surface area contributed by atoms with Crippen LogP contribution in [0.1, 0.15) is 21.9 Å². The van der Waals surface area contributed by atoms with Gasteiger partial charge in [0.2, 0.25) is 5.82 Å². The van der Waals surface area contributed by atoms with Gasteiger partial charge < -0.3 is 9.84 Å². The van der Waals surface area contributed by atoms with Crippen molar-refractivity contribution in [3.8, 4) is 11.4 Å². The van der Waals surface area contributed by atoms with Gasteiger partial charge in [-0.2, -0.15) is 18.2 Å². The summed E-state index contributed by atoms with van der Waals surface area (Å²) in [5.41, 5.74) is 1.08. The van der Waals surface area contributed by atoms with Crippen molar-refractivity contribution in [1.29, 1.82) is 0 Å². The lowest BCUT2D eigenvalue weighted by Gasteiger charge is -2.06. The summed E-state index contributed by atoms with van der Waals surface area (Å²) in [6, 6.07) is 9.60. The molecule has 6 nitrogen and oxygen atoms in total. The Morgan fingerprint density at radius 3 is 2.58 bits per heavy atom. The molecule has 0 radical (unpaired) electrons. The zero-order chi connectivity index (χ0) is 18.7. The van der Waals surface area contributed by atoms with E-state index in [1.165, 1.54) is 18.3 Å². The van der Waals surface area contributed by atoms with Gasteiger partial charge in [-0.05, 0) is 24.3 Å². The van der Waals surface area contributed by atoms with Gasteiger partial charge in [0.05, 0.1) is 22.8 Å². The Bertz CT molecular complexity index is 926. The molecule has 26 heavy (non-hydrogen) atoms. The van der Waals surface area contributed by atoms with Gasteiger partial charge in [0.15, 0.2) is 0 Å². The summed E-state index contributed by atoms with van der Waals surface area (Å²) >= 11 is 5.94. The highest BCUT2D eigenvalue weighted by Gasteiger charge is 2.38. The average molecular weight is 383 g/mol. The topological polar surface area (TPSA) is 80.9 Å². The molecule has 0 unspecified atom stereocenters. The van der Waals surface area contributed by atoms with Crippen molar-refractivity contribution in [2.75, 3.05) is 0 Å². The van der Waals surface area contributed by atoms with Crippen LogP contribution in [0.15, 0.2) is 47.1 Å². The molecule has 0 aliphatic carbocycles. The quantitative estimate of drug-likeness (QED) is 0.743. The molecule has 0 bridgehead atoms. The van der Waals surface area contributed by atoms with Gasteiger partial charge in [0, 0.05) is 11.8 Å². The summed E-state index contributed by atoms with van der Waals surface area (Å²) in [4.78, 5) is 19.4. The Balaban J connectivity index is 1.66. The van der Waals surface area contributed by atoms with E-state index in [1.54, 1.807) is 24.3 Å². The number of hydrogen-bond acceptors (Lipinski definition) is 5. The summed E-state index contributed by atoms with van der Waals surface area (Å²) in [6.07, 6.45) is -3.41. The first-order valence-corrected chi connectivity index (χ1v) is 7.61. The molecule has 1 amide bonds. The van der Waals surface area contributed by atoms with Crippen molar-refractivity contribution in [3.05, 3.63) is 64.8 Å². The van der Waals surface area contributed by atoms with Crippen LogP contribution in [0.5, 0.6) is 0 Å². The van der Waals surface area contributed by atoms with E-state index in [0.29, 0.717) is 16.3 Å². The number of alkyl halides is 3. The van der Waals surface area contributed by atoms with E-state index < -0.39 is 12.1 Å². The number of aromatic nitrogens is 3. The first-order chi connectivity index (χ1) is 12.3. The van der Waals surface area contributed by atoms with E-state index >= 15 is 0 Å². The number of carbonyl (C=O) groups excluding carboxylic acids is 1. The number of hydrogen-bond donors (Lipinski definition) is 1. The lowest BCUT2D eigenvalue weighted by atomic mass is 10.2. The predicted molar refractivity (Wildman–Crippen MR) is 85.2 cm³/mol. The maximum absolute atomic E-state index is 12.5. The van der Waals surface area contributed by atoms with Crippen LogP contribution in [0.2, 0.25) is 5.02 Å². The molecule has 1 N–H and O–H groups in total. The van der Waals surface area contributed by atoms with Crippen molar-refractivity contribution in [2.24, 2.45) is 0 Å². The maximum atomic E-state index is 12.5. The average Bonchev–Trinajstić information content (AvgIpc) is 3.11. The molecule has 3 aromatic rings. The summed E-state index contributed by atoms with van der Waals surface area (Å²) in [5, 5.41) is 6.26. The van der Waals surface area contributed by atoms with Gasteiger partial charge in [0.25, 0.3) is 5.91 Å². The molecule has 0 spiro atoms. The van der Waals surface area contributed by atoms with E-state index in [4.69, 9.17) is 11.6 Å². The minimum absolute atomic E-state index is 0.115. The van der Waals surface area contributed by atoms with Crippen molar-refractivity contribution >= 4 is 17.5 Å². The van der Waals surface area contributed by atoms with Gasteiger partial charge in [-0.1, -0.05) is 28.9 Å². The number of carbonyl (C=O) groups is 1. The number of nitrogens with zero attached hydrogens (tertiary/aromatic N) is 3. The molecule has 0 aliphatic rings. The lowest BCUT2D eigenvalue weighted by Crippen LogP contribution is -2.23. The molecule has 0 saturated heterocycles. The summed E-state index contributed by atoms with van der Waals surface area (Å²) in [5.74, 6) is -2.02. The molecule has 3 rings (SSSR count). The van der Waals surface area contributed by atoms with Crippen LogP contribution in [0.4, 0.5) is 13.2 Å². The lowest BCUT2D eigenvalue weighted by molar-refractivity contribution is -0.159. The molecule has 0 saturated carbocycles. The molecule has 1 aromatic carbocycles. The third-order valence-electron chi connectivity index (χ3n) is 3.30. The zero-order valence-corrected chi connectivity index (χ0v) is 13.7. The van der Waals surface area contributed by atoms with Crippen molar-refractivity contribution < 1.29 is 22.5 Å². The van der Waals surface area contributed by atoms with Gasteiger partial charge in [-0.15, -0.1) is 0 Å². The van der Waals surface area contributed by atoms with Gasteiger partial charge in [0.1, 0.15) is 0 Å². The third kappa shape index (κ3) is 3.99. The van der Waals surface area contributed by atoms with E-state index in [1.807, 2.05) is 0 Å². The number of rotatable bonds is 4. The van der Waals surface area contributed by atoms with Crippen LogP contribution in [-0.2, 0) is 12.7 Å². The second-order valence-corrected chi connectivity index (χ2v) is 5.53. The van der Waals surface area contributed by atoms with Crippen LogP contribution in [0.3, 0.4) is 0 Å². The van der Waals surface area contributed by atoms with E-state index in [2.05, 4.69) is 25.0 Å². The fourth-order valence-electron chi connectivity index (χ4n) is 2.03. The first-order valence-electron chi connectivity index (χ1n) is 7.23. The van der Waals surface area contributed by atoms with Crippen molar-refractivity contribution in [3.63, 3.8) is 0 Å². The second kappa shape index (κ2) is 7.12. The minimum Gasteiger partial charge on any atom is -0.346 e. The summed E-state index contributed by atoms with van der Waals surface area (Å²) in [7, 11) is 0. The normalized spacial score (nSPS) is 11.4. The minimum atomic E-state index is -4.71. The van der Waals surface area contributed by atoms with Gasteiger partial charge >= 0.3 is 12.1 Å². The van der Waals surface area contributed by atoms with Crippen molar-refractivity contribution in [2.45, 2.75) is 12.7 Å². The summed E-state index contributed by atoms with van der Waals surface area (Å²) in [6.45, 7) is 0.115. The molecule has 134 valence electrons. The third-order valence-corrected chi connectivity index (χ3v) is 3.63. The Morgan fingerprint density at radius 1 is 1.19 bits per heavy atom. The van der Waals surface area contributed by atoms with Crippen molar-refractivity contribution in [1.82, 2.24) is 20.4 Å². The number of nitrogens with one attached hydrogen (secondary N) is 1. The molecule has 0 fully saturated rings. The number of pyridine rings is 1. The van der Waals surface area contributed by atoms with E-state index in [-0.39, 0.29) is 23.8 Å². The van der Waals surface area contributed by atoms with Crippen LogP contribution in [0, 0.1) is 0 Å². The van der Waals surface area contributed by atoms with Gasteiger partial charge in [-0.25, -0.2) is 0 Å². The van der Waals surface area contributed by atoms with Crippen LogP contribution >= 0.6 is 11.6 Å².